The first-order valence-electron chi connectivity index (χ1n) is 7.90. The van der Waals surface area contributed by atoms with Crippen molar-refractivity contribution in [1.82, 2.24) is 10.0 Å². The maximum Gasteiger partial charge on any atom is 0.364 e. The van der Waals surface area contributed by atoms with Gasteiger partial charge in [-0.05, 0) is 36.8 Å². The topological polar surface area (TPSA) is 96.5 Å². The molecular formula is C19H11FN2O5. The van der Waals surface area contributed by atoms with E-state index >= 15 is 0 Å². The minimum atomic E-state index is -1.12. The van der Waals surface area contributed by atoms with Crippen LogP contribution in [0.15, 0.2) is 47.3 Å². The first kappa shape index (κ1) is 16.6. The van der Waals surface area contributed by atoms with E-state index in [2.05, 4.69) is 4.98 Å². The average molecular weight is 366 g/mol. The normalized spacial score (nSPS) is 13.2. The largest absolute Gasteiger partial charge is 0.364 e. The summed E-state index contributed by atoms with van der Waals surface area (Å²) < 4.78 is 14.1. The van der Waals surface area contributed by atoms with Crippen molar-refractivity contribution in [3.8, 4) is 0 Å². The van der Waals surface area contributed by atoms with Gasteiger partial charge in [-0.25, -0.2) is 9.18 Å². The van der Waals surface area contributed by atoms with Crippen molar-refractivity contribution in [2.24, 2.45) is 0 Å². The first-order chi connectivity index (χ1) is 12.9. The standard InChI is InChI=1S/C19H11FN2O5/c1-9-6-12-13(8-15(23)21-16(12)14(20)7-9)19(26)27-22-17(24)10-4-2-3-5-11(10)18(22)25/h2-8H,1H3,(H,21,23). The fourth-order valence-corrected chi connectivity index (χ4v) is 3.00. The number of amides is 2. The molecule has 1 N–H and O–H groups in total. The van der Waals surface area contributed by atoms with Crippen LogP contribution in [-0.2, 0) is 4.84 Å². The van der Waals surface area contributed by atoms with Crippen molar-refractivity contribution in [2.45, 2.75) is 6.92 Å². The number of aromatic nitrogens is 1. The molecule has 2 heterocycles. The minimum Gasteiger partial charge on any atom is -0.324 e. The van der Waals surface area contributed by atoms with Crippen LogP contribution in [0.3, 0.4) is 0 Å². The molecule has 0 radical (unpaired) electrons. The number of aromatic amines is 1. The van der Waals surface area contributed by atoms with Crippen LogP contribution in [-0.4, -0.2) is 27.8 Å². The van der Waals surface area contributed by atoms with E-state index < -0.39 is 29.2 Å². The van der Waals surface area contributed by atoms with E-state index in [1.807, 2.05) is 0 Å². The minimum absolute atomic E-state index is 0.105. The number of nitrogens with one attached hydrogen (secondary N) is 1. The van der Waals surface area contributed by atoms with Crippen LogP contribution in [0.25, 0.3) is 10.9 Å². The van der Waals surface area contributed by atoms with Crippen LogP contribution >= 0.6 is 0 Å². The molecule has 0 saturated heterocycles. The Morgan fingerprint density at radius 2 is 1.67 bits per heavy atom. The molecule has 134 valence electrons. The number of fused-ring (bicyclic) bond motifs is 2. The number of aryl methyl sites for hydroxylation is 1. The molecule has 8 heteroatoms. The maximum atomic E-state index is 14.1. The Labute approximate surface area is 150 Å². The Balaban J connectivity index is 1.76. The quantitative estimate of drug-likeness (QED) is 0.702. The lowest BCUT2D eigenvalue weighted by atomic mass is 10.1. The number of nitrogens with zero attached hydrogens (tertiary/aromatic N) is 1. The van der Waals surface area contributed by atoms with Gasteiger partial charge in [0.25, 0.3) is 11.8 Å². The van der Waals surface area contributed by atoms with Gasteiger partial charge >= 0.3 is 5.97 Å². The number of H-pyrrole nitrogens is 1. The van der Waals surface area contributed by atoms with Crippen LogP contribution in [0.5, 0.6) is 0 Å². The molecule has 3 aromatic rings. The summed E-state index contributed by atoms with van der Waals surface area (Å²) in [4.78, 5) is 56.3. The third-order valence-electron chi connectivity index (χ3n) is 4.20. The number of benzene rings is 2. The smallest absolute Gasteiger partial charge is 0.324 e. The van der Waals surface area contributed by atoms with E-state index in [9.17, 15) is 23.6 Å². The number of imide groups is 1. The molecule has 0 bridgehead atoms. The Kier molecular flexibility index (Phi) is 3.62. The molecule has 1 aromatic heterocycles. The number of halogens is 1. The zero-order chi connectivity index (χ0) is 19.3. The predicted octanol–water partition coefficient (Wildman–Crippen LogP) is 2.34. The van der Waals surface area contributed by atoms with Gasteiger partial charge in [-0.3, -0.25) is 14.4 Å². The number of hydrogen-bond acceptors (Lipinski definition) is 5. The van der Waals surface area contributed by atoms with Gasteiger partial charge in [0.2, 0.25) is 5.56 Å². The molecule has 2 aromatic carbocycles. The van der Waals surface area contributed by atoms with Crippen molar-refractivity contribution in [3.05, 3.63) is 80.9 Å². The summed E-state index contributed by atoms with van der Waals surface area (Å²) in [5.41, 5.74) is -0.419. The summed E-state index contributed by atoms with van der Waals surface area (Å²) in [7, 11) is 0. The van der Waals surface area contributed by atoms with Crippen molar-refractivity contribution < 1.29 is 23.6 Å². The second-order valence-electron chi connectivity index (χ2n) is 6.05. The SMILES string of the molecule is Cc1cc(F)c2[nH]c(=O)cc(C(=O)ON3C(=O)c4ccccc4C3=O)c2c1. The molecule has 1 aliphatic heterocycles. The summed E-state index contributed by atoms with van der Waals surface area (Å²) in [6, 6.07) is 9.65. The molecule has 4 rings (SSSR count). The maximum absolute atomic E-state index is 14.1. The molecule has 7 nitrogen and oxygen atoms in total. The van der Waals surface area contributed by atoms with E-state index in [1.54, 1.807) is 19.1 Å². The highest BCUT2D eigenvalue weighted by Crippen LogP contribution is 2.25. The number of rotatable bonds is 2. The van der Waals surface area contributed by atoms with E-state index in [4.69, 9.17) is 4.84 Å². The highest BCUT2D eigenvalue weighted by molar-refractivity contribution is 6.21. The van der Waals surface area contributed by atoms with E-state index in [0.717, 1.165) is 6.07 Å². The van der Waals surface area contributed by atoms with Gasteiger partial charge in [-0.1, -0.05) is 17.2 Å². The monoisotopic (exact) mass is 366 g/mol. The highest BCUT2D eigenvalue weighted by Gasteiger charge is 2.39. The van der Waals surface area contributed by atoms with Gasteiger partial charge in [0.05, 0.1) is 22.2 Å². The van der Waals surface area contributed by atoms with Crippen LogP contribution in [0.4, 0.5) is 4.39 Å². The summed E-state index contributed by atoms with van der Waals surface area (Å²) in [5, 5.41) is 0.445. The molecular weight excluding hydrogens is 355 g/mol. The van der Waals surface area contributed by atoms with Gasteiger partial charge in [-0.15, -0.1) is 0 Å². The summed E-state index contributed by atoms with van der Waals surface area (Å²) in [6.45, 7) is 1.62. The van der Waals surface area contributed by atoms with Crippen molar-refractivity contribution in [2.75, 3.05) is 0 Å². The molecule has 1 aliphatic rings. The first-order valence-corrected chi connectivity index (χ1v) is 7.90. The number of pyridine rings is 1. The zero-order valence-corrected chi connectivity index (χ0v) is 13.9. The molecule has 27 heavy (non-hydrogen) atoms. The second kappa shape index (κ2) is 5.87. The Morgan fingerprint density at radius 3 is 2.30 bits per heavy atom. The lowest BCUT2D eigenvalue weighted by molar-refractivity contribution is -0.0583. The molecule has 0 unspecified atom stereocenters. The zero-order valence-electron chi connectivity index (χ0n) is 13.9. The molecule has 0 atom stereocenters. The molecule has 0 spiro atoms. The van der Waals surface area contributed by atoms with Gasteiger partial charge in [0.1, 0.15) is 5.82 Å². The van der Waals surface area contributed by atoms with Gasteiger partial charge < -0.3 is 9.82 Å². The van der Waals surface area contributed by atoms with E-state index in [0.29, 0.717) is 10.6 Å². The molecule has 0 saturated carbocycles. The fourth-order valence-electron chi connectivity index (χ4n) is 3.00. The van der Waals surface area contributed by atoms with E-state index in [-0.39, 0.29) is 27.6 Å². The van der Waals surface area contributed by atoms with Crippen LogP contribution in [0.1, 0.15) is 36.6 Å². The number of carbonyl (C=O) groups excluding carboxylic acids is 3. The van der Waals surface area contributed by atoms with Crippen molar-refractivity contribution >= 4 is 28.7 Å². The fraction of sp³-hybridized carbons (Fsp3) is 0.0526. The lowest BCUT2D eigenvalue weighted by Crippen LogP contribution is -2.33. The Bertz CT molecular complexity index is 1180. The molecule has 0 fully saturated rings. The highest BCUT2D eigenvalue weighted by atomic mass is 19.1. The van der Waals surface area contributed by atoms with Gasteiger partial charge in [0.15, 0.2) is 0 Å². The van der Waals surface area contributed by atoms with Crippen molar-refractivity contribution in [1.29, 1.82) is 0 Å². The number of carbonyl (C=O) groups is 3. The number of hydroxylamine groups is 2. The van der Waals surface area contributed by atoms with Crippen LogP contribution in [0, 0.1) is 12.7 Å². The summed E-state index contributed by atoms with van der Waals surface area (Å²) in [6.07, 6.45) is 0. The average Bonchev–Trinajstić information content (AvgIpc) is 2.87. The third kappa shape index (κ3) is 2.58. The molecule has 2 amide bonds. The van der Waals surface area contributed by atoms with Gasteiger partial charge in [-0.2, -0.15) is 0 Å². The predicted molar refractivity (Wildman–Crippen MR) is 91.6 cm³/mol. The number of hydrogen-bond donors (Lipinski definition) is 1. The Hall–Kier alpha value is -3.81. The summed E-state index contributed by atoms with van der Waals surface area (Å²) >= 11 is 0. The van der Waals surface area contributed by atoms with Crippen LogP contribution < -0.4 is 5.56 Å². The lowest BCUT2D eigenvalue weighted by Gasteiger charge is -2.14. The van der Waals surface area contributed by atoms with E-state index in [1.165, 1.54) is 24.3 Å². The van der Waals surface area contributed by atoms with Crippen LogP contribution in [0.2, 0.25) is 0 Å². The third-order valence-corrected chi connectivity index (χ3v) is 4.20. The Morgan fingerprint density at radius 1 is 1.04 bits per heavy atom. The molecule has 0 aliphatic carbocycles. The second-order valence-corrected chi connectivity index (χ2v) is 6.05. The van der Waals surface area contributed by atoms with Gasteiger partial charge in [0, 0.05) is 11.5 Å². The summed E-state index contributed by atoms with van der Waals surface area (Å²) in [5.74, 6) is -3.41. The van der Waals surface area contributed by atoms with Crippen molar-refractivity contribution in [3.63, 3.8) is 0 Å².